The number of carboxylic acid groups (broad SMARTS) is 1. The molecule has 21 heavy (non-hydrogen) atoms. The fourth-order valence-electron chi connectivity index (χ4n) is 1.98. The van der Waals surface area contributed by atoms with E-state index in [0.29, 0.717) is 25.9 Å². The number of aliphatic carboxylic acids is 1. The molecule has 118 valence electrons. The van der Waals surface area contributed by atoms with E-state index in [1.165, 1.54) is 0 Å². The van der Waals surface area contributed by atoms with Crippen LogP contribution in [-0.2, 0) is 11.3 Å². The number of rotatable bonds is 9. The zero-order valence-corrected chi connectivity index (χ0v) is 12.5. The van der Waals surface area contributed by atoms with Gasteiger partial charge in [0.05, 0.1) is 11.6 Å². The standard InChI is InChI=1S/C13H23N5O3/c1-3-13(4-2,11(19)20)10-15-12(21)14-6-5-8-18-9-7-16-17-18/h7,9H,3-6,8,10H2,1-2H3,(H,19,20)(H2,14,15,21). The van der Waals surface area contributed by atoms with Gasteiger partial charge in [0.25, 0.3) is 0 Å². The first kappa shape index (κ1) is 16.9. The zero-order valence-electron chi connectivity index (χ0n) is 12.5. The third-order valence-electron chi connectivity index (χ3n) is 3.72. The molecule has 3 N–H and O–H groups in total. The first-order valence-corrected chi connectivity index (χ1v) is 7.13. The number of nitrogens with zero attached hydrogens (tertiary/aromatic N) is 3. The summed E-state index contributed by atoms with van der Waals surface area (Å²) in [4.78, 5) is 23.0. The molecular formula is C13H23N5O3. The summed E-state index contributed by atoms with van der Waals surface area (Å²) in [6.07, 6.45) is 5.03. The predicted octanol–water partition coefficient (Wildman–Crippen LogP) is 0.858. The number of carbonyl (C=O) groups is 2. The zero-order chi connectivity index (χ0) is 15.7. The largest absolute Gasteiger partial charge is 0.481 e. The van der Waals surface area contributed by atoms with E-state index in [2.05, 4.69) is 20.9 Å². The number of hydrogen-bond acceptors (Lipinski definition) is 4. The maximum Gasteiger partial charge on any atom is 0.314 e. The van der Waals surface area contributed by atoms with Gasteiger partial charge in [-0.3, -0.25) is 9.48 Å². The summed E-state index contributed by atoms with van der Waals surface area (Å²) in [5.41, 5.74) is -0.891. The molecule has 1 aromatic heterocycles. The molecule has 0 aliphatic carbocycles. The minimum atomic E-state index is -0.891. The Morgan fingerprint density at radius 2 is 2.00 bits per heavy atom. The van der Waals surface area contributed by atoms with Gasteiger partial charge in [-0.25, -0.2) is 4.79 Å². The Kier molecular flexibility index (Phi) is 6.64. The number of aromatic nitrogens is 3. The molecule has 2 amide bonds. The number of amides is 2. The van der Waals surface area contributed by atoms with Gasteiger partial charge >= 0.3 is 12.0 Å². The molecule has 0 saturated heterocycles. The second-order valence-corrected chi connectivity index (χ2v) is 4.92. The molecule has 0 fully saturated rings. The van der Waals surface area contributed by atoms with E-state index < -0.39 is 11.4 Å². The highest BCUT2D eigenvalue weighted by Gasteiger charge is 2.35. The number of urea groups is 1. The van der Waals surface area contributed by atoms with Crippen molar-refractivity contribution < 1.29 is 14.7 Å². The third-order valence-corrected chi connectivity index (χ3v) is 3.72. The normalized spacial score (nSPS) is 11.1. The van der Waals surface area contributed by atoms with Crippen molar-refractivity contribution >= 4 is 12.0 Å². The number of nitrogens with one attached hydrogen (secondary N) is 2. The van der Waals surface area contributed by atoms with Crippen LogP contribution in [-0.4, -0.2) is 45.2 Å². The Morgan fingerprint density at radius 3 is 2.52 bits per heavy atom. The van der Waals surface area contributed by atoms with Crippen molar-refractivity contribution in [1.29, 1.82) is 0 Å². The monoisotopic (exact) mass is 297 g/mol. The molecule has 0 unspecified atom stereocenters. The van der Waals surface area contributed by atoms with Gasteiger partial charge in [0.15, 0.2) is 0 Å². The minimum Gasteiger partial charge on any atom is -0.481 e. The van der Waals surface area contributed by atoms with Crippen LogP contribution in [0.15, 0.2) is 12.4 Å². The molecule has 0 radical (unpaired) electrons. The van der Waals surface area contributed by atoms with E-state index >= 15 is 0 Å². The Labute approximate surface area is 123 Å². The molecular weight excluding hydrogens is 274 g/mol. The van der Waals surface area contributed by atoms with Crippen LogP contribution in [0.1, 0.15) is 33.1 Å². The molecule has 1 aromatic rings. The Balaban J connectivity index is 2.25. The lowest BCUT2D eigenvalue weighted by molar-refractivity contribution is -0.149. The molecule has 1 heterocycles. The van der Waals surface area contributed by atoms with Gasteiger partial charge in [-0.15, -0.1) is 5.10 Å². The number of hydrogen-bond donors (Lipinski definition) is 3. The van der Waals surface area contributed by atoms with Crippen LogP contribution in [0.25, 0.3) is 0 Å². The first-order chi connectivity index (χ1) is 10.0. The Hall–Kier alpha value is -2.12. The summed E-state index contributed by atoms with van der Waals surface area (Å²) in [6, 6.07) is -0.346. The van der Waals surface area contributed by atoms with Gasteiger partial charge in [-0.2, -0.15) is 0 Å². The van der Waals surface area contributed by atoms with E-state index in [9.17, 15) is 14.7 Å². The minimum absolute atomic E-state index is 0.129. The molecule has 0 saturated carbocycles. The van der Waals surface area contributed by atoms with Crippen LogP contribution in [0, 0.1) is 5.41 Å². The maximum absolute atomic E-state index is 11.7. The lowest BCUT2D eigenvalue weighted by atomic mass is 9.82. The second kappa shape index (κ2) is 8.23. The van der Waals surface area contributed by atoms with Crippen molar-refractivity contribution in [2.75, 3.05) is 13.1 Å². The molecule has 0 spiro atoms. The van der Waals surface area contributed by atoms with Gasteiger partial charge in [-0.1, -0.05) is 19.1 Å². The van der Waals surface area contributed by atoms with E-state index in [1.807, 2.05) is 13.8 Å². The van der Waals surface area contributed by atoms with Crippen LogP contribution in [0.2, 0.25) is 0 Å². The summed E-state index contributed by atoms with van der Waals surface area (Å²) >= 11 is 0. The van der Waals surface area contributed by atoms with Crippen molar-refractivity contribution in [3.05, 3.63) is 12.4 Å². The van der Waals surface area contributed by atoms with Gasteiger partial charge < -0.3 is 15.7 Å². The van der Waals surface area contributed by atoms with Crippen molar-refractivity contribution in [1.82, 2.24) is 25.6 Å². The van der Waals surface area contributed by atoms with Crippen LogP contribution >= 0.6 is 0 Å². The summed E-state index contributed by atoms with van der Waals surface area (Å²) in [5.74, 6) is -0.876. The molecule has 0 aromatic carbocycles. The molecule has 8 heteroatoms. The van der Waals surface area contributed by atoms with Crippen LogP contribution in [0.3, 0.4) is 0 Å². The summed E-state index contributed by atoms with van der Waals surface area (Å²) in [6.45, 7) is 4.92. The Bertz CT molecular complexity index is 443. The topological polar surface area (TPSA) is 109 Å². The average molecular weight is 297 g/mol. The number of carboxylic acids is 1. The van der Waals surface area contributed by atoms with E-state index in [0.717, 1.165) is 6.42 Å². The van der Waals surface area contributed by atoms with Crippen molar-refractivity contribution in [3.8, 4) is 0 Å². The van der Waals surface area contributed by atoms with Crippen molar-refractivity contribution in [2.45, 2.75) is 39.7 Å². The van der Waals surface area contributed by atoms with Gasteiger partial charge in [0.1, 0.15) is 0 Å². The van der Waals surface area contributed by atoms with E-state index in [-0.39, 0.29) is 12.6 Å². The highest BCUT2D eigenvalue weighted by atomic mass is 16.4. The lowest BCUT2D eigenvalue weighted by Gasteiger charge is -2.26. The molecule has 0 bridgehead atoms. The smallest absolute Gasteiger partial charge is 0.314 e. The molecule has 8 nitrogen and oxygen atoms in total. The quantitative estimate of drug-likeness (QED) is 0.586. The van der Waals surface area contributed by atoms with Crippen LogP contribution in [0.5, 0.6) is 0 Å². The molecule has 0 aliphatic heterocycles. The van der Waals surface area contributed by atoms with Crippen molar-refractivity contribution in [3.63, 3.8) is 0 Å². The number of aryl methyl sites for hydroxylation is 1. The van der Waals surface area contributed by atoms with Gasteiger partial charge in [0.2, 0.25) is 0 Å². The van der Waals surface area contributed by atoms with Crippen molar-refractivity contribution in [2.24, 2.45) is 5.41 Å². The fourth-order valence-corrected chi connectivity index (χ4v) is 1.98. The molecule has 0 atom stereocenters. The summed E-state index contributed by atoms with van der Waals surface area (Å²) in [7, 11) is 0. The molecule has 0 aliphatic rings. The summed E-state index contributed by atoms with van der Waals surface area (Å²) in [5, 5.41) is 22.1. The van der Waals surface area contributed by atoms with Crippen LogP contribution < -0.4 is 10.6 Å². The van der Waals surface area contributed by atoms with E-state index in [4.69, 9.17) is 0 Å². The summed E-state index contributed by atoms with van der Waals surface area (Å²) < 4.78 is 1.68. The van der Waals surface area contributed by atoms with Crippen LogP contribution in [0.4, 0.5) is 4.79 Å². The Morgan fingerprint density at radius 1 is 1.29 bits per heavy atom. The van der Waals surface area contributed by atoms with Gasteiger partial charge in [-0.05, 0) is 19.3 Å². The fraction of sp³-hybridized carbons (Fsp3) is 0.692. The molecule has 1 rings (SSSR count). The highest BCUT2D eigenvalue weighted by Crippen LogP contribution is 2.25. The third kappa shape index (κ3) is 5.05. The maximum atomic E-state index is 11.7. The predicted molar refractivity (Wildman–Crippen MR) is 76.7 cm³/mol. The van der Waals surface area contributed by atoms with Gasteiger partial charge in [0, 0.05) is 25.8 Å². The number of carbonyl (C=O) groups excluding carboxylic acids is 1. The lowest BCUT2D eigenvalue weighted by Crippen LogP contribution is -2.46. The van der Waals surface area contributed by atoms with E-state index in [1.54, 1.807) is 17.1 Å². The SMILES string of the molecule is CCC(CC)(CNC(=O)NCCCn1ccnn1)C(=O)O. The first-order valence-electron chi connectivity index (χ1n) is 7.13. The highest BCUT2D eigenvalue weighted by molar-refractivity contribution is 5.78. The second-order valence-electron chi connectivity index (χ2n) is 4.92. The average Bonchev–Trinajstić information content (AvgIpc) is 2.98.